The highest BCUT2D eigenvalue weighted by Crippen LogP contribution is 2.24. The van der Waals surface area contributed by atoms with E-state index < -0.39 is 11.9 Å². The molecule has 7 nitrogen and oxygen atoms in total. The van der Waals surface area contributed by atoms with Crippen LogP contribution in [0, 0.1) is 6.92 Å². The van der Waals surface area contributed by atoms with Crippen LogP contribution in [-0.2, 0) is 20.9 Å². The molecule has 0 spiro atoms. The number of thioether (sulfide) groups is 1. The van der Waals surface area contributed by atoms with Gasteiger partial charge in [0.15, 0.2) is 0 Å². The third-order valence-electron chi connectivity index (χ3n) is 3.64. The SMILES string of the molecule is COC(=O)c1cc(COC(=O)c2ccccc2SCC(=O)NC(C)C)oc1C. The second kappa shape index (κ2) is 9.98. The van der Waals surface area contributed by atoms with Crippen LogP contribution in [0.1, 0.15) is 46.1 Å². The van der Waals surface area contributed by atoms with Gasteiger partial charge < -0.3 is 19.2 Å². The second-order valence-electron chi connectivity index (χ2n) is 6.26. The highest BCUT2D eigenvalue weighted by atomic mass is 32.2. The summed E-state index contributed by atoms with van der Waals surface area (Å²) in [5, 5.41) is 2.80. The topological polar surface area (TPSA) is 94.8 Å². The molecule has 0 aliphatic rings. The van der Waals surface area contributed by atoms with Crippen LogP contribution in [0.3, 0.4) is 0 Å². The summed E-state index contributed by atoms with van der Waals surface area (Å²) in [5.74, 6) is -0.230. The van der Waals surface area contributed by atoms with Gasteiger partial charge in [0, 0.05) is 10.9 Å². The molecule has 1 amide bonds. The van der Waals surface area contributed by atoms with E-state index in [1.807, 2.05) is 13.8 Å². The number of ether oxygens (including phenoxy) is 2. The Bertz CT molecular complexity index is 858. The van der Waals surface area contributed by atoms with Crippen molar-refractivity contribution in [3.63, 3.8) is 0 Å². The number of esters is 2. The molecule has 0 bridgehead atoms. The lowest BCUT2D eigenvalue weighted by molar-refractivity contribution is -0.119. The summed E-state index contributed by atoms with van der Waals surface area (Å²) in [6, 6.07) is 8.46. The molecule has 0 unspecified atom stereocenters. The van der Waals surface area contributed by atoms with Crippen LogP contribution in [0.25, 0.3) is 0 Å². The van der Waals surface area contributed by atoms with E-state index in [2.05, 4.69) is 10.1 Å². The number of rotatable bonds is 8. The lowest BCUT2D eigenvalue weighted by Crippen LogP contribution is -2.31. The average molecular weight is 405 g/mol. The molecule has 0 atom stereocenters. The van der Waals surface area contributed by atoms with E-state index >= 15 is 0 Å². The van der Waals surface area contributed by atoms with Crippen molar-refractivity contribution >= 4 is 29.6 Å². The zero-order chi connectivity index (χ0) is 20.7. The number of carbonyl (C=O) groups is 3. The first kappa shape index (κ1) is 21.6. The maximum Gasteiger partial charge on any atom is 0.341 e. The van der Waals surface area contributed by atoms with Crippen molar-refractivity contribution in [2.75, 3.05) is 12.9 Å². The van der Waals surface area contributed by atoms with Gasteiger partial charge in [-0.25, -0.2) is 9.59 Å². The quantitative estimate of drug-likeness (QED) is 0.531. The molecule has 1 N–H and O–H groups in total. The van der Waals surface area contributed by atoms with Crippen LogP contribution in [-0.4, -0.2) is 36.8 Å². The summed E-state index contributed by atoms with van der Waals surface area (Å²) >= 11 is 1.26. The zero-order valence-corrected chi connectivity index (χ0v) is 17.1. The van der Waals surface area contributed by atoms with E-state index in [1.165, 1.54) is 24.9 Å². The molecule has 0 fully saturated rings. The number of aryl methyl sites for hydroxylation is 1. The van der Waals surface area contributed by atoms with E-state index in [-0.39, 0.29) is 24.3 Å². The van der Waals surface area contributed by atoms with Gasteiger partial charge in [0.1, 0.15) is 23.7 Å². The van der Waals surface area contributed by atoms with Crippen molar-refractivity contribution in [3.8, 4) is 0 Å². The number of nitrogens with one attached hydrogen (secondary N) is 1. The van der Waals surface area contributed by atoms with Gasteiger partial charge in [0.05, 0.1) is 18.4 Å². The summed E-state index contributed by atoms with van der Waals surface area (Å²) in [7, 11) is 1.28. The molecule has 0 aliphatic carbocycles. The molecule has 0 aliphatic heterocycles. The van der Waals surface area contributed by atoms with E-state index in [1.54, 1.807) is 31.2 Å². The lowest BCUT2D eigenvalue weighted by atomic mass is 10.2. The fraction of sp³-hybridized carbons (Fsp3) is 0.350. The van der Waals surface area contributed by atoms with Crippen molar-refractivity contribution in [3.05, 3.63) is 53.0 Å². The fourth-order valence-corrected chi connectivity index (χ4v) is 3.26. The summed E-state index contributed by atoms with van der Waals surface area (Å²) in [6.45, 7) is 5.28. The predicted molar refractivity (Wildman–Crippen MR) is 104 cm³/mol. The number of hydrogen-bond donors (Lipinski definition) is 1. The number of carbonyl (C=O) groups excluding carboxylic acids is 3. The number of hydrogen-bond acceptors (Lipinski definition) is 7. The van der Waals surface area contributed by atoms with E-state index in [4.69, 9.17) is 9.15 Å². The third kappa shape index (κ3) is 5.88. The maximum atomic E-state index is 12.5. The molecule has 28 heavy (non-hydrogen) atoms. The average Bonchev–Trinajstić information content (AvgIpc) is 3.04. The van der Waals surface area contributed by atoms with Crippen LogP contribution in [0.15, 0.2) is 39.6 Å². The Morgan fingerprint density at radius 1 is 1.14 bits per heavy atom. The minimum atomic E-state index is -0.541. The van der Waals surface area contributed by atoms with Crippen molar-refractivity contribution < 1.29 is 28.3 Å². The summed E-state index contributed by atoms with van der Waals surface area (Å²) in [6.07, 6.45) is 0. The standard InChI is InChI=1S/C20H23NO6S/c1-12(2)21-18(22)11-28-17-8-6-5-7-15(17)20(24)26-10-14-9-16(13(3)27-14)19(23)25-4/h5-9,12H,10-11H2,1-4H3,(H,21,22). The Kier molecular flexibility index (Phi) is 7.69. The second-order valence-corrected chi connectivity index (χ2v) is 7.27. The van der Waals surface area contributed by atoms with E-state index in [0.29, 0.717) is 27.5 Å². The predicted octanol–water partition coefficient (Wildman–Crippen LogP) is 3.35. The molecule has 1 aromatic carbocycles. The fourth-order valence-electron chi connectivity index (χ4n) is 2.41. The van der Waals surface area contributed by atoms with Gasteiger partial charge in [-0.3, -0.25) is 4.79 Å². The highest BCUT2D eigenvalue weighted by molar-refractivity contribution is 8.00. The zero-order valence-electron chi connectivity index (χ0n) is 16.2. The van der Waals surface area contributed by atoms with Gasteiger partial charge in [-0.2, -0.15) is 0 Å². The molecule has 8 heteroatoms. The first-order valence-corrected chi connectivity index (χ1v) is 9.66. The Hall–Kier alpha value is -2.74. The van der Waals surface area contributed by atoms with Gasteiger partial charge in [-0.05, 0) is 39.0 Å². The first-order valence-electron chi connectivity index (χ1n) is 8.67. The molecule has 0 saturated heterocycles. The smallest absolute Gasteiger partial charge is 0.341 e. The van der Waals surface area contributed by atoms with Crippen LogP contribution in [0.2, 0.25) is 0 Å². The van der Waals surface area contributed by atoms with Crippen LogP contribution in [0.5, 0.6) is 0 Å². The summed E-state index contributed by atoms with van der Waals surface area (Å²) in [5.41, 5.74) is 0.655. The van der Waals surface area contributed by atoms with E-state index in [9.17, 15) is 14.4 Å². The maximum absolute atomic E-state index is 12.5. The van der Waals surface area contributed by atoms with Crippen molar-refractivity contribution in [2.45, 2.75) is 38.3 Å². The number of benzene rings is 1. The normalized spacial score (nSPS) is 10.6. The highest BCUT2D eigenvalue weighted by Gasteiger charge is 2.18. The first-order chi connectivity index (χ1) is 13.3. The monoisotopic (exact) mass is 405 g/mol. The summed E-state index contributed by atoms with van der Waals surface area (Å²) in [4.78, 5) is 36.6. The molecular weight excluding hydrogens is 382 g/mol. The number of furan rings is 1. The molecule has 1 aromatic heterocycles. The molecule has 2 rings (SSSR count). The molecule has 2 aromatic rings. The largest absolute Gasteiger partial charge is 0.465 e. The summed E-state index contributed by atoms with van der Waals surface area (Å²) < 4.78 is 15.4. The Morgan fingerprint density at radius 3 is 2.54 bits per heavy atom. The Labute approximate surface area is 167 Å². The van der Waals surface area contributed by atoms with Crippen molar-refractivity contribution in [1.29, 1.82) is 0 Å². The minimum absolute atomic E-state index is 0.0555. The van der Waals surface area contributed by atoms with Gasteiger partial charge in [-0.15, -0.1) is 11.8 Å². The van der Waals surface area contributed by atoms with Crippen LogP contribution < -0.4 is 5.32 Å². The number of methoxy groups -OCH3 is 1. The number of amides is 1. The van der Waals surface area contributed by atoms with Gasteiger partial charge in [0.2, 0.25) is 5.91 Å². The lowest BCUT2D eigenvalue weighted by Gasteiger charge is -2.10. The molecular formula is C20H23NO6S. The van der Waals surface area contributed by atoms with Gasteiger partial charge >= 0.3 is 11.9 Å². The Morgan fingerprint density at radius 2 is 1.86 bits per heavy atom. The van der Waals surface area contributed by atoms with Crippen molar-refractivity contribution in [1.82, 2.24) is 5.32 Å². The molecule has 0 radical (unpaired) electrons. The van der Waals surface area contributed by atoms with Gasteiger partial charge in [0.25, 0.3) is 0 Å². The molecule has 1 heterocycles. The molecule has 0 saturated carbocycles. The Balaban J connectivity index is 2.01. The molecule has 150 valence electrons. The minimum Gasteiger partial charge on any atom is -0.465 e. The van der Waals surface area contributed by atoms with E-state index in [0.717, 1.165) is 0 Å². The van der Waals surface area contributed by atoms with Crippen LogP contribution >= 0.6 is 11.8 Å². The van der Waals surface area contributed by atoms with Gasteiger partial charge in [-0.1, -0.05) is 12.1 Å². The van der Waals surface area contributed by atoms with Crippen molar-refractivity contribution in [2.24, 2.45) is 0 Å². The van der Waals surface area contributed by atoms with Crippen LogP contribution in [0.4, 0.5) is 0 Å². The third-order valence-corrected chi connectivity index (χ3v) is 4.71.